The predicted octanol–water partition coefficient (Wildman–Crippen LogP) is 4.42. The van der Waals surface area contributed by atoms with E-state index in [0.717, 1.165) is 29.8 Å². The zero-order chi connectivity index (χ0) is 22.6. The lowest BCUT2D eigenvalue weighted by molar-refractivity contribution is -0.137. The molecule has 31 heavy (non-hydrogen) atoms. The van der Waals surface area contributed by atoms with Crippen LogP contribution in [0.5, 0.6) is 0 Å². The molecular formula is C22H25F3N2O3S. The highest BCUT2D eigenvalue weighted by Crippen LogP contribution is 2.30. The van der Waals surface area contributed by atoms with Gasteiger partial charge in [0.15, 0.2) is 0 Å². The van der Waals surface area contributed by atoms with Crippen molar-refractivity contribution >= 4 is 15.9 Å². The average molecular weight is 455 g/mol. The Kier molecular flexibility index (Phi) is 7.06. The van der Waals surface area contributed by atoms with Crippen LogP contribution in [0.15, 0.2) is 59.5 Å². The molecule has 168 valence electrons. The van der Waals surface area contributed by atoms with Crippen LogP contribution >= 0.6 is 0 Å². The minimum Gasteiger partial charge on any atom is -0.349 e. The second-order valence-corrected chi connectivity index (χ2v) is 9.55. The molecule has 5 nitrogen and oxygen atoms in total. The summed E-state index contributed by atoms with van der Waals surface area (Å²) in [4.78, 5) is 12.4. The predicted molar refractivity (Wildman–Crippen MR) is 111 cm³/mol. The van der Waals surface area contributed by atoms with E-state index in [4.69, 9.17) is 0 Å². The third-order valence-corrected chi connectivity index (χ3v) is 7.11. The molecule has 1 aliphatic carbocycles. The van der Waals surface area contributed by atoms with E-state index in [1.807, 2.05) is 37.3 Å². The molecule has 2 N–H and O–H groups in total. The van der Waals surface area contributed by atoms with E-state index in [2.05, 4.69) is 10.0 Å². The molecule has 3 rings (SSSR count). The topological polar surface area (TPSA) is 75.3 Å². The normalized spacial score (nSPS) is 20.8. The highest BCUT2D eigenvalue weighted by atomic mass is 32.2. The van der Waals surface area contributed by atoms with Crippen LogP contribution < -0.4 is 10.0 Å². The van der Waals surface area contributed by atoms with Gasteiger partial charge in [-0.1, -0.05) is 30.3 Å². The third kappa shape index (κ3) is 6.07. The van der Waals surface area contributed by atoms with Crippen LogP contribution in [0.2, 0.25) is 0 Å². The van der Waals surface area contributed by atoms with Crippen molar-refractivity contribution in [3.05, 3.63) is 65.7 Å². The zero-order valence-corrected chi connectivity index (χ0v) is 17.8. The number of nitrogens with one attached hydrogen (secondary N) is 2. The lowest BCUT2D eigenvalue weighted by Crippen LogP contribution is -2.41. The van der Waals surface area contributed by atoms with Gasteiger partial charge in [0.05, 0.1) is 16.5 Å². The number of alkyl halides is 3. The summed E-state index contributed by atoms with van der Waals surface area (Å²) < 4.78 is 65.6. The number of sulfonamides is 1. The van der Waals surface area contributed by atoms with Gasteiger partial charge in [-0.25, -0.2) is 13.1 Å². The van der Waals surface area contributed by atoms with E-state index in [1.165, 1.54) is 0 Å². The molecule has 1 saturated carbocycles. The van der Waals surface area contributed by atoms with Crippen LogP contribution in [0.1, 0.15) is 49.8 Å². The van der Waals surface area contributed by atoms with Crippen molar-refractivity contribution < 1.29 is 26.4 Å². The Labute approximate surface area is 180 Å². The van der Waals surface area contributed by atoms with Crippen LogP contribution in [-0.4, -0.2) is 20.4 Å². The first-order valence-electron chi connectivity index (χ1n) is 10.1. The van der Waals surface area contributed by atoms with Gasteiger partial charge in [-0.3, -0.25) is 4.79 Å². The maximum absolute atomic E-state index is 12.7. The number of rotatable bonds is 6. The first-order chi connectivity index (χ1) is 14.6. The number of halogens is 3. The largest absolute Gasteiger partial charge is 0.416 e. The summed E-state index contributed by atoms with van der Waals surface area (Å²) in [5.41, 5.74) is 0.108. The maximum Gasteiger partial charge on any atom is 0.416 e. The Morgan fingerprint density at radius 3 is 2.10 bits per heavy atom. The first-order valence-corrected chi connectivity index (χ1v) is 11.6. The molecular weight excluding hydrogens is 429 g/mol. The molecule has 9 heteroatoms. The van der Waals surface area contributed by atoms with E-state index in [9.17, 15) is 26.4 Å². The minimum atomic E-state index is -4.52. The van der Waals surface area contributed by atoms with Crippen molar-refractivity contribution in [1.29, 1.82) is 0 Å². The fraction of sp³-hybridized carbons (Fsp3) is 0.409. The number of hydrogen-bond acceptors (Lipinski definition) is 3. The number of carbonyl (C=O) groups is 1. The average Bonchev–Trinajstić information content (AvgIpc) is 2.74. The molecule has 1 atom stereocenters. The molecule has 1 amide bonds. The smallest absolute Gasteiger partial charge is 0.349 e. The molecule has 0 heterocycles. The van der Waals surface area contributed by atoms with Crippen molar-refractivity contribution in [2.24, 2.45) is 5.92 Å². The molecule has 0 aromatic heterocycles. The number of benzene rings is 2. The minimum absolute atomic E-state index is 0.0552. The standard InChI is InChI=1S/C22H25F3N2O3S/c1-15(16-5-3-2-4-6-16)26-21(28)17-7-11-19(12-8-17)27-31(29,30)20-13-9-18(10-14-20)22(23,24)25/h2-6,9-10,13-15,17,19,27H,7-8,11-12H2,1H3,(H,26,28). The van der Waals surface area contributed by atoms with Gasteiger partial charge in [0.1, 0.15) is 0 Å². The van der Waals surface area contributed by atoms with E-state index in [1.54, 1.807) is 0 Å². The molecule has 2 aromatic carbocycles. The van der Waals surface area contributed by atoms with Gasteiger partial charge in [0, 0.05) is 12.0 Å². The summed E-state index contributed by atoms with van der Waals surface area (Å²) in [5.74, 6) is -0.251. The van der Waals surface area contributed by atoms with E-state index in [-0.39, 0.29) is 28.8 Å². The Hall–Kier alpha value is -2.39. The van der Waals surface area contributed by atoms with Gasteiger partial charge < -0.3 is 5.32 Å². The van der Waals surface area contributed by atoms with Gasteiger partial charge in [-0.05, 0) is 62.4 Å². The summed E-state index contributed by atoms with van der Waals surface area (Å²) in [5, 5.41) is 3.00. The molecule has 0 radical (unpaired) electrons. The molecule has 0 spiro atoms. The lowest BCUT2D eigenvalue weighted by atomic mass is 9.85. The number of hydrogen-bond donors (Lipinski definition) is 2. The summed E-state index contributed by atoms with van der Waals surface area (Å²) in [6.45, 7) is 1.91. The summed E-state index contributed by atoms with van der Waals surface area (Å²) in [6, 6.07) is 12.5. The van der Waals surface area contributed by atoms with Crippen molar-refractivity contribution in [2.75, 3.05) is 0 Å². The van der Waals surface area contributed by atoms with Gasteiger partial charge in [0.2, 0.25) is 15.9 Å². The van der Waals surface area contributed by atoms with Gasteiger partial charge in [-0.15, -0.1) is 0 Å². The van der Waals surface area contributed by atoms with Crippen molar-refractivity contribution in [3.8, 4) is 0 Å². The van der Waals surface area contributed by atoms with Crippen molar-refractivity contribution in [1.82, 2.24) is 10.0 Å². The van der Waals surface area contributed by atoms with E-state index in [0.29, 0.717) is 25.7 Å². The SMILES string of the molecule is CC(NC(=O)C1CCC(NS(=O)(=O)c2ccc(C(F)(F)F)cc2)CC1)c1ccccc1. The monoisotopic (exact) mass is 454 g/mol. The molecule has 1 aliphatic rings. The lowest BCUT2D eigenvalue weighted by Gasteiger charge is -2.29. The Morgan fingerprint density at radius 2 is 1.55 bits per heavy atom. The van der Waals surface area contributed by atoms with Crippen molar-refractivity contribution in [2.45, 2.75) is 55.8 Å². The summed E-state index contributed by atoms with van der Waals surface area (Å²) >= 11 is 0. The molecule has 0 aliphatic heterocycles. The second kappa shape index (κ2) is 9.40. The molecule has 2 aromatic rings. The fourth-order valence-electron chi connectivity index (χ4n) is 3.74. The fourth-order valence-corrected chi connectivity index (χ4v) is 5.05. The molecule has 0 saturated heterocycles. The first kappa shape index (κ1) is 23.3. The molecule has 1 fully saturated rings. The van der Waals surface area contributed by atoms with Crippen LogP contribution in [-0.2, 0) is 21.0 Å². The summed E-state index contributed by atoms with van der Waals surface area (Å²) in [7, 11) is -3.93. The summed E-state index contributed by atoms with van der Waals surface area (Å²) in [6.07, 6.45) is -2.48. The molecule has 1 unspecified atom stereocenters. The van der Waals surface area contributed by atoms with Crippen LogP contribution in [0.3, 0.4) is 0 Å². The second-order valence-electron chi connectivity index (χ2n) is 7.83. The highest BCUT2D eigenvalue weighted by molar-refractivity contribution is 7.89. The van der Waals surface area contributed by atoms with E-state index < -0.39 is 21.8 Å². The van der Waals surface area contributed by atoms with Gasteiger partial charge in [-0.2, -0.15) is 13.2 Å². The number of carbonyl (C=O) groups excluding carboxylic acids is 1. The Balaban J connectivity index is 1.53. The van der Waals surface area contributed by atoms with Crippen molar-refractivity contribution in [3.63, 3.8) is 0 Å². The maximum atomic E-state index is 12.7. The zero-order valence-electron chi connectivity index (χ0n) is 17.0. The third-order valence-electron chi connectivity index (χ3n) is 5.57. The van der Waals surface area contributed by atoms with E-state index >= 15 is 0 Å². The van der Waals surface area contributed by atoms with Crippen LogP contribution in [0.4, 0.5) is 13.2 Å². The molecule has 0 bridgehead atoms. The van der Waals surface area contributed by atoms with Crippen LogP contribution in [0, 0.1) is 5.92 Å². The Morgan fingerprint density at radius 1 is 0.968 bits per heavy atom. The van der Waals surface area contributed by atoms with Gasteiger partial charge in [0.25, 0.3) is 0 Å². The van der Waals surface area contributed by atoms with Crippen LogP contribution in [0.25, 0.3) is 0 Å². The number of amides is 1. The quantitative estimate of drug-likeness (QED) is 0.679. The highest BCUT2D eigenvalue weighted by Gasteiger charge is 2.32. The Bertz CT molecular complexity index is 985. The van der Waals surface area contributed by atoms with Gasteiger partial charge >= 0.3 is 6.18 Å².